The van der Waals surface area contributed by atoms with E-state index in [-0.39, 0.29) is 18.4 Å². The number of pyridine rings is 1. The minimum atomic E-state index is -0.765. The third-order valence-corrected chi connectivity index (χ3v) is 4.68. The number of nitrogens with zero attached hydrogens (tertiary/aromatic N) is 6. The van der Waals surface area contributed by atoms with Gasteiger partial charge in [0.25, 0.3) is 0 Å². The maximum Gasteiger partial charge on any atom is 0.240 e. The fraction of sp³-hybridized carbons (Fsp3) is 0.417. The molecule has 1 aromatic heterocycles. The van der Waals surface area contributed by atoms with E-state index in [0.717, 1.165) is 24.3 Å². The number of halogens is 1. The normalized spacial score (nSPS) is 12.4. The fourth-order valence-corrected chi connectivity index (χ4v) is 3.13. The van der Waals surface area contributed by atoms with Crippen LogP contribution in [-0.4, -0.2) is 85.4 Å². The molecule has 1 aromatic carbocycles. The second-order valence-electron chi connectivity index (χ2n) is 7.82. The lowest BCUT2D eigenvalue weighted by Crippen LogP contribution is -2.37. The number of hydrogen-bond acceptors (Lipinski definition) is 6. The molecule has 0 fully saturated rings. The van der Waals surface area contributed by atoms with Crippen molar-refractivity contribution in [3.63, 3.8) is 0 Å². The van der Waals surface area contributed by atoms with Crippen LogP contribution in [0.4, 0.5) is 15.8 Å². The van der Waals surface area contributed by atoms with Gasteiger partial charge >= 0.3 is 0 Å². The Morgan fingerprint density at radius 1 is 1.12 bits per heavy atom. The van der Waals surface area contributed by atoms with E-state index in [1.807, 2.05) is 45.3 Å². The van der Waals surface area contributed by atoms with Crippen molar-refractivity contribution < 1.29 is 9.50 Å². The topological polar surface area (TPSA) is 101 Å². The van der Waals surface area contributed by atoms with Crippen molar-refractivity contribution in [3.05, 3.63) is 53.9 Å². The van der Waals surface area contributed by atoms with Crippen molar-refractivity contribution >= 4 is 29.4 Å². The number of alkyl halides is 1. The second-order valence-corrected chi connectivity index (χ2v) is 7.82. The molecular formula is C24H35FN8O. The summed E-state index contributed by atoms with van der Waals surface area (Å²) in [6, 6.07) is 12.0. The molecule has 0 aliphatic rings. The lowest BCUT2D eigenvalue weighted by molar-refractivity contribution is 0.246. The average Bonchev–Trinajstić information content (AvgIpc) is 2.83. The van der Waals surface area contributed by atoms with Crippen LogP contribution in [0.3, 0.4) is 0 Å². The van der Waals surface area contributed by atoms with Gasteiger partial charge in [0.15, 0.2) is 0 Å². The van der Waals surface area contributed by atoms with Gasteiger partial charge in [-0.3, -0.25) is 9.98 Å². The van der Waals surface area contributed by atoms with Gasteiger partial charge in [0.05, 0.1) is 30.4 Å². The maximum atomic E-state index is 13.5. The lowest BCUT2D eigenvalue weighted by atomic mass is 10.2. The van der Waals surface area contributed by atoms with Crippen molar-refractivity contribution in [1.29, 1.82) is 0 Å². The Bertz CT molecular complexity index is 936. The van der Waals surface area contributed by atoms with E-state index in [1.54, 1.807) is 18.1 Å². The SMILES string of the molecule is CCCN(CCO)/C(CF)=N/C(=NC)N/N=C/c1ccc(Nc2ccc(CN(C)C)cc2)cn1. The maximum absolute atomic E-state index is 13.5. The Labute approximate surface area is 201 Å². The molecule has 0 radical (unpaired) electrons. The van der Waals surface area contributed by atoms with Gasteiger partial charge in [-0.1, -0.05) is 19.1 Å². The predicted octanol–water partition coefficient (Wildman–Crippen LogP) is 2.87. The number of benzene rings is 1. The minimum absolute atomic E-state index is 0.0819. The van der Waals surface area contributed by atoms with Crippen LogP contribution >= 0.6 is 0 Å². The molecule has 0 unspecified atom stereocenters. The molecule has 0 aliphatic carbocycles. The standard InChI is InChI=1S/C24H35FN8O/c1-5-12-33(13-14-34)23(15-25)30-24(26-2)31-28-17-21-10-11-22(16-27-21)29-20-8-6-19(7-9-20)18-32(3)4/h6-11,16-17,29,34H,5,12-15,18H2,1-4H3,(H,26,31)/b28-17+,30-23+. The summed E-state index contributed by atoms with van der Waals surface area (Å²) in [5, 5.41) is 16.6. The molecule has 0 saturated carbocycles. The Hall–Kier alpha value is -3.37. The molecule has 0 spiro atoms. The molecule has 2 aromatic rings. The van der Waals surface area contributed by atoms with Gasteiger partial charge in [-0.25, -0.2) is 9.82 Å². The highest BCUT2D eigenvalue weighted by Crippen LogP contribution is 2.17. The summed E-state index contributed by atoms with van der Waals surface area (Å²) in [6.45, 7) is 2.93. The first kappa shape index (κ1) is 26.9. The van der Waals surface area contributed by atoms with E-state index in [4.69, 9.17) is 0 Å². The van der Waals surface area contributed by atoms with Crippen LogP contribution in [0.25, 0.3) is 0 Å². The van der Waals surface area contributed by atoms with Gasteiger partial charge < -0.3 is 20.2 Å². The van der Waals surface area contributed by atoms with Crippen LogP contribution in [0.5, 0.6) is 0 Å². The van der Waals surface area contributed by atoms with Crippen LogP contribution in [0.15, 0.2) is 57.7 Å². The lowest BCUT2D eigenvalue weighted by Gasteiger charge is -2.23. The van der Waals surface area contributed by atoms with Crippen molar-refractivity contribution in [1.82, 2.24) is 20.2 Å². The van der Waals surface area contributed by atoms with Gasteiger partial charge in [0, 0.05) is 32.4 Å². The summed E-state index contributed by atoms with van der Waals surface area (Å²) in [4.78, 5) is 16.4. The third-order valence-electron chi connectivity index (χ3n) is 4.68. The zero-order valence-electron chi connectivity index (χ0n) is 20.4. The van der Waals surface area contributed by atoms with Crippen molar-refractivity contribution in [2.75, 3.05) is 52.8 Å². The number of amidine groups is 1. The van der Waals surface area contributed by atoms with Crippen LogP contribution in [0, 0.1) is 0 Å². The van der Waals surface area contributed by atoms with Gasteiger partial charge in [-0.2, -0.15) is 10.1 Å². The van der Waals surface area contributed by atoms with Crippen LogP contribution in [0.1, 0.15) is 24.6 Å². The van der Waals surface area contributed by atoms with Crippen LogP contribution < -0.4 is 10.7 Å². The first-order chi connectivity index (χ1) is 16.5. The molecule has 3 N–H and O–H groups in total. The molecule has 0 amide bonds. The fourth-order valence-electron chi connectivity index (χ4n) is 3.13. The highest BCUT2D eigenvalue weighted by Gasteiger charge is 2.11. The summed E-state index contributed by atoms with van der Waals surface area (Å²) in [6.07, 6.45) is 4.06. The summed E-state index contributed by atoms with van der Waals surface area (Å²) in [5.41, 5.74) is 6.44. The molecule has 1 heterocycles. The monoisotopic (exact) mass is 470 g/mol. The molecule has 2 rings (SSSR count). The van der Waals surface area contributed by atoms with Crippen molar-refractivity contribution in [2.45, 2.75) is 19.9 Å². The van der Waals surface area contributed by atoms with E-state index >= 15 is 0 Å². The minimum Gasteiger partial charge on any atom is -0.395 e. The number of aliphatic imine (C=N–C) groups is 2. The van der Waals surface area contributed by atoms with Crippen molar-refractivity contribution in [3.8, 4) is 0 Å². The number of aliphatic hydroxyl groups excluding tert-OH is 1. The summed E-state index contributed by atoms with van der Waals surface area (Å²) < 4.78 is 13.5. The zero-order chi connectivity index (χ0) is 24.8. The Morgan fingerprint density at radius 2 is 1.85 bits per heavy atom. The second kappa shape index (κ2) is 14.7. The van der Waals surface area contributed by atoms with E-state index in [0.29, 0.717) is 18.8 Å². The Balaban J connectivity index is 1.96. The number of aliphatic hydroxyl groups is 1. The molecule has 0 aliphatic heterocycles. The molecule has 34 heavy (non-hydrogen) atoms. The summed E-state index contributed by atoms with van der Waals surface area (Å²) in [7, 11) is 5.63. The average molecular weight is 471 g/mol. The number of aromatic nitrogens is 1. The van der Waals surface area contributed by atoms with Gasteiger partial charge in [0.1, 0.15) is 12.5 Å². The smallest absolute Gasteiger partial charge is 0.240 e. The molecule has 10 heteroatoms. The number of anilines is 2. The highest BCUT2D eigenvalue weighted by molar-refractivity contribution is 5.96. The number of hydrazone groups is 1. The molecule has 0 saturated heterocycles. The molecule has 184 valence electrons. The van der Waals surface area contributed by atoms with Crippen molar-refractivity contribution in [2.24, 2.45) is 15.1 Å². The van der Waals surface area contributed by atoms with Gasteiger partial charge in [-0.05, 0) is 50.3 Å². The first-order valence-corrected chi connectivity index (χ1v) is 11.2. The van der Waals surface area contributed by atoms with Crippen LogP contribution in [0.2, 0.25) is 0 Å². The number of rotatable bonds is 11. The zero-order valence-corrected chi connectivity index (χ0v) is 20.4. The van der Waals surface area contributed by atoms with E-state index in [9.17, 15) is 9.50 Å². The quantitative estimate of drug-likeness (QED) is 0.265. The largest absolute Gasteiger partial charge is 0.395 e. The molecular weight excluding hydrogens is 435 g/mol. The predicted molar refractivity (Wildman–Crippen MR) is 138 cm³/mol. The number of guanidine groups is 1. The third kappa shape index (κ3) is 9.24. The Kier molecular flexibility index (Phi) is 11.6. The number of hydrogen-bond donors (Lipinski definition) is 3. The van der Waals surface area contributed by atoms with Crippen LogP contribution in [-0.2, 0) is 6.54 Å². The van der Waals surface area contributed by atoms with E-state index in [2.05, 4.69) is 47.8 Å². The Morgan fingerprint density at radius 3 is 2.41 bits per heavy atom. The molecule has 0 atom stereocenters. The summed E-state index contributed by atoms with van der Waals surface area (Å²) in [5.74, 6) is 0.362. The molecule has 0 bridgehead atoms. The van der Waals surface area contributed by atoms with E-state index < -0.39 is 6.67 Å². The van der Waals surface area contributed by atoms with Gasteiger partial charge in [-0.15, -0.1) is 0 Å². The highest BCUT2D eigenvalue weighted by atomic mass is 19.1. The van der Waals surface area contributed by atoms with E-state index in [1.165, 1.54) is 11.8 Å². The van der Waals surface area contributed by atoms with Gasteiger partial charge in [0.2, 0.25) is 5.96 Å². The summed E-state index contributed by atoms with van der Waals surface area (Å²) >= 11 is 0. The molecule has 9 nitrogen and oxygen atoms in total. The first-order valence-electron chi connectivity index (χ1n) is 11.2. The number of nitrogens with one attached hydrogen (secondary N) is 2.